The van der Waals surface area contributed by atoms with Gasteiger partial charge in [0.15, 0.2) is 17.6 Å². The van der Waals surface area contributed by atoms with E-state index < -0.39 is 0 Å². The summed E-state index contributed by atoms with van der Waals surface area (Å²) in [5.41, 5.74) is 1.07. The first-order valence-electron chi connectivity index (χ1n) is 9.81. The molecule has 1 fully saturated rings. The van der Waals surface area contributed by atoms with E-state index in [1.807, 2.05) is 11.9 Å². The summed E-state index contributed by atoms with van der Waals surface area (Å²) in [5, 5.41) is 6.72. The lowest BCUT2D eigenvalue weighted by Gasteiger charge is -2.21. The van der Waals surface area contributed by atoms with Crippen LogP contribution < -0.4 is 15.5 Å². The van der Waals surface area contributed by atoms with E-state index in [4.69, 9.17) is 0 Å². The van der Waals surface area contributed by atoms with E-state index in [9.17, 15) is 8.78 Å². The molecule has 156 valence electrons. The summed E-state index contributed by atoms with van der Waals surface area (Å²) in [7, 11) is 3.76. The number of guanidine groups is 1. The SMILES string of the molecule is CN=C(NCCN(C)Cc1ccc(F)cc1)NC1CCN(c2ncccc2F)C1. The summed E-state index contributed by atoms with van der Waals surface area (Å²) < 4.78 is 26.9. The van der Waals surface area contributed by atoms with Crippen LogP contribution in [0.4, 0.5) is 14.6 Å². The minimum Gasteiger partial charge on any atom is -0.355 e. The van der Waals surface area contributed by atoms with Crippen LogP contribution in [-0.4, -0.2) is 62.2 Å². The number of rotatable bonds is 7. The number of nitrogens with one attached hydrogen (secondary N) is 2. The van der Waals surface area contributed by atoms with E-state index in [1.165, 1.54) is 18.2 Å². The molecule has 1 aromatic heterocycles. The van der Waals surface area contributed by atoms with Gasteiger partial charge in [0.2, 0.25) is 0 Å². The molecule has 1 aromatic carbocycles. The summed E-state index contributed by atoms with van der Waals surface area (Å²) in [5.74, 6) is 0.625. The number of hydrogen-bond donors (Lipinski definition) is 2. The fraction of sp³-hybridized carbons (Fsp3) is 0.429. The zero-order valence-corrected chi connectivity index (χ0v) is 16.9. The average Bonchev–Trinajstić information content (AvgIpc) is 3.17. The van der Waals surface area contributed by atoms with E-state index in [2.05, 4.69) is 25.5 Å². The second kappa shape index (κ2) is 10.2. The summed E-state index contributed by atoms with van der Waals surface area (Å²) in [4.78, 5) is 12.6. The summed E-state index contributed by atoms with van der Waals surface area (Å²) in [6.45, 7) is 3.72. The molecule has 0 amide bonds. The van der Waals surface area contributed by atoms with Crippen LogP contribution in [-0.2, 0) is 6.54 Å². The zero-order chi connectivity index (χ0) is 20.6. The molecule has 2 heterocycles. The Morgan fingerprint density at radius 3 is 2.79 bits per heavy atom. The van der Waals surface area contributed by atoms with Crippen LogP contribution in [0.1, 0.15) is 12.0 Å². The third-order valence-corrected chi connectivity index (χ3v) is 4.94. The number of aromatic nitrogens is 1. The van der Waals surface area contributed by atoms with Gasteiger partial charge in [0.05, 0.1) is 0 Å². The first-order chi connectivity index (χ1) is 14.0. The van der Waals surface area contributed by atoms with Gasteiger partial charge in [-0.2, -0.15) is 0 Å². The van der Waals surface area contributed by atoms with Crippen LogP contribution in [0.2, 0.25) is 0 Å². The van der Waals surface area contributed by atoms with Gasteiger partial charge in [-0.05, 0) is 43.3 Å². The van der Waals surface area contributed by atoms with Gasteiger partial charge < -0.3 is 20.4 Å². The number of anilines is 1. The molecule has 2 N–H and O–H groups in total. The second-order valence-corrected chi connectivity index (χ2v) is 7.25. The lowest BCUT2D eigenvalue weighted by molar-refractivity contribution is 0.331. The maximum absolute atomic E-state index is 13.9. The molecule has 0 saturated carbocycles. The Morgan fingerprint density at radius 2 is 2.07 bits per heavy atom. The molecule has 0 bridgehead atoms. The van der Waals surface area contributed by atoms with Crippen molar-refractivity contribution < 1.29 is 8.78 Å². The van der Waals surface area contributed by atoms with E-state index in [0.717, 1.165) is 44.1 Å². The monoisotopic (exact) mass is 402 g/mol. The van der Waals surface area contributed by atoms with Crippen molar-refractivity contribution in [3.63, 3.8) is 0 Å². The zero-order valence-electron chi connectivity index (χ0n) is 16.9. The third-order valence-electron chi connectivity index (χ3n) is 4.94. The van der Waals surface area contributed by atoms with Crippen molar-refractivity contribution in [2.45, 2.75) is 19.0 Å². The highest BCUT2D eigenvalue weighted by Crippen LogP contribution is 2.20. The fourth-order valence-corrected chi connectivity index (χ4v) is 3.41. The lowest BCUT2D eigenvalue weighted by Crippen LogP contribution is -2.46. The molecule has 2 aromatic rings. The Hall–Kier alpha value is -2.74. The van der Waals surface area contributed by atoms with Crippen LogP contribution in [0.25, 0.3) is 0 Å². The maximum atomic E-state index is 13.9. The smallest absolute Gasteiger partial charge is 0.191 e. The number of pyridine rings is 1. The minimum absolute atomic E-state index is 0.180. The number of halogens is 2. The number of nitrogens with zero attached hydrogens (tertiary/aromatic N) is 4. The van der Waals surface area contributed by atoms with E-state index in [0.29, 0.717) is 12.4 Å². The molecule has 6 nitrogen and oxygen atoms in total. The Balaban J connectivity index is 1.40. The molecular weight excluding hydrogens is 374 g/mol. The Labute approximate surface area is 170 Å². The molecule has 8 heteroatoms. The van der Waals surface area contributed by atoms with Gasteiger partial charge in [-0.3, -0.25) is 4.99 Å². The van der Waals surface area contributed by atoms with Crippen LogP contribution in [0.15, 0.2) is 47.6 Å². The second-order valence-electron chi connectivity index (χ2n) is 7.25. The highest BCUT2D eigenvalue weighted by atomic mass is 19.1. The van der Waals surface area contributed by atoms with Gasteiger partial charge in [0.25, 0.3) is 0 Å². The van der Waals surface area contributed by atoms with Crippen molar-refractivity contribution in [3.8, 4) is 0 Å². The Morgan fingerprint density at radius 1 is 1.28 bits per heavy atom. The van der Waals surface area contributed by atoms with Crippen molar-refractivity contribution in [2.24, 2.45) is 4.99 Å². The Bertz CT molecular complexity index is 811. The van der Waals surface area contributed by atoms with Gasteiger partial charge >= 0.3 is 0 Å². The molecule has 1 unspecified atom stereocenters. The van der Waals surface area contributed by atoms with Crippen LogP contribution in [0, 0.1) is 11.6 Å². The quantitative estimate of drug-likeness (QED) is 0.550. The fourth-order valence-electron chi connectivity index (χ4n) is 3.41. The summed E-state index contributed by atoms with van der Waals surface area (Å²) in [6.07, 6.45) is 2.50. The van der Waals surface area contributed by atoms with Crippen molar-refractivity contribution in [3.05, 3.63) is 59.8 Å². The predicted molar refractivity (Wildman–Crippen MR) is 112 cm³/mol. The molecule has 1 saturated heterocycles. The average molecular weight is 402 g/mol. The van der Waals surface area contributed by atoms with Gasteiger partial charge in [-0.1, -0.05) is 12.1 Å². The standard InChI is InChI=1S/C21H28F2N6/c1-24-21(26-11-13-28(2)14-16-5-7-17(22)8-6-16)27-18-9-12-29(15-18)20-19(23)4-3-10-25-20/h3-8,10,18H,9,11-15H2,1-2H3,(H2,24,26,27). The van der Waals surface area contributed by atoms with Gasteiger partial charge in [-0.25, -0.2) is 13.8 Å². The molecule has 1 aliphatic heterocycles. The van der Waals surface area contributed by atoms with E-state index in [1.54, 1.807) is 31.4 Å². The highest BCUT2D eigenvalue weighted by Gasteiger charge is 2.25. The van der Waals surface area contributed by atoms with Crippen LogP contribution >= 0.6 is 0 Å². The third kappa shape index (κ3) is 6.12. The summed E-state index contributed by atoms with van der Waals surface area (Å²) >= 11 is 0. The maximum Gasteiger partial charge on any atom is 0.191 e. The molecule has 0 radical (unpaired) electrons. The van der Waals surface area contributed by atoms with Crippen molar-refractivity contribution in [2.75, 3.05) is 45.2 Å². The highest BCUT2D eigenvalue weighted by molar-refractivity contribution is 5.80. The van der Waals surface area contributed by atoms with Gasteiger partial charge in [0, 0.05) is 52.0 Å². The molecule has 3 rings (SSSR count). The van der Waals surface area contributed by atoms with E-state index in [-0.39, 0.29) is 17.7 Å². The number of hydrogen-bond acceptors (Lipinski definition) is 4. The molecular formula is C21H28F2N6. The van der Waals surface area contributed by atoms with Crippen molar-refractivity contribution in [1.29, 1.82) is 0 Å². The number of aliphatic imine (C=N–C) groups is 1. The molecule has 0 aliphatic carbocycles. The minimum atomic E-state index is -0.292. The van der Waals surface area contributed by atoms with Crippen molar-refractivity contribution in [1.82, 2.24) is 20.5 Å². The van der Waals surface area contributed by atoms with E-state index >= 15 is 0 Å². The number of benzene rings is 1. The van der Waals surface area contributed by atoms with Gasteiger partial charge in [-0.15, -0.1) is 0 Å². The largest absolute Gasteiger partial charge is 0.355 e. The molecule has 1 atom stereocenters. The lowest BCUT2D eigenvalue weighted by atomic mass is 10.2. The first-order valence-corrected chi connectivity index (χ1v) is 9.81. The Kier molecular flexibility index (Phi) is 7.35. The molecule has 0 spiro atoms. The summed E-state index contributed by atoms with van der Waals surface area (Å²) in [6, 6.07) is 9.78. The molecule has 1 aliphatic rings. The number of likely N-dealkylation sites (N-methyl/N-ethyl adjacent to an activating group) is 1. The first kappa shape index (κ1) is 21.0. The predicted octanol–water partition coefficient (Wildman–Crippen LogP) is 2.24. The van der Waals surface area contributed by atoms with Crippen LogP contribution in [0.3, 0.4) is 0 Å². The topological polar surface area (TPSA) is 55.8 Å². The molecule has 29 heavy (non-hydrogen) atoms. The van der Waals surface area contributed by atoms with Crippen LogP contribution in [0.5, 0.6) is 0 Å². The van der Waals surface area contributed by atoms with Crippen molar-refractivity contribution >= 4 is 11.8 Å². The van der Waals surface area contributed by atoms with Gasteiger partial charge in [0.1, 0.15) is 5.82 Å². The normalized spacial score (nSPS) is 17.1.